The first-order valence-corrected chi connectivity index (χ1v) is 9.72. The molecule has 0 aliphatic rings. The summed E-state index contributed by atoms with van der Waals surface area (Å²) in [4.78, 5) is 24.0. The van der Waals surface area contributed by atoms with Crippen molar-refractivity contribution in [3.63, 3.8) is 0 Å². The van der Waals surface area contributed by atoms with Crippen LogP contribution in [0.3, 0.4) is 0 Å². The number of nitrogens with zero attached hydrogens (tertiary/aromatic N) is 3. The number of nitrogen functional groups attached to an aromatic ring is 1. The molecule has 4 N–H and O–H groups in total. The lowest BCUT2D eigenvalue weighted by molar-refractivity contribution is -0.119. The van der Waals surface area contributed by atoms with Crippen LogP contribution >= 0.6 is 11.8 Å². The topological polar surface area (TPSA) is 133 Å². The molecular weight excluding hydrogens is 408 g/mol. The summed E-state index contributed by atoms with van der Waals surface area (Å²) in [6.07, 6.45) is 0. The van der Waals surface area contributed by atoms with Crippen molar-refractivity contribution in [1.29, 1.82) is 0 Å². The Labute approximate surface area is 176 Å². The van der Waals surface area contributed by atoms with Crippen LogP contribution in [0.5, 0.6) is 11.5 Å². The SMILES string of the molecule is COc1ccc(-c2nnc(SCC(=O)NNC(=O)c3ccccc3)n2N)cc1OC. The molecule has 1 aromatic heterocycles. The first kappa shape index (κ1) is 21.0. The lowest BCUT2D eigenvalue weighted by Crippen LogP contribution is -2.42. The molecule has 0 spiro atoms. The molecule has 0 unspecified atom stereocenters. The van der Waals surface area contributed by atoms with Gasteiger partial charge in [0, 0.05) is 11.1 Å². The predicted octanol–water partition coefficient (Wildman–Crippen LogP) is 1.23. The first-order valence-electron chi connectivity index (χ1n) is 8.73. The van der Waals surface area contributed by atoms with Gasteiger partial charge in [0.2, 0.25) is 11.1 Å². The Bertz CT molecular complexity index is 1040. The first-order chi connectivity index (χ1) is 14.5. The third-order valence-electron chi connectivity index (χ3n) is 3.99. The lowest BCUT2D eigenvalue weighted by atomic mass is 10.2. The molecule has 0 radical (unpaired) electrons. The number of benzene rings is 2. The van der Waals surface area contributed by atoms with Gasteiger partial charge in [-0.2, -0.15) is 0 Å². The summed E-state index contributed by atoms with van der Waals surface area (Å²) < 4.78 is 11.8. The summed E-state index contributed by atoms with van der Waals surface area (Å²) >= 11 is 1.08. The second-order valence-electron chi connectivity index (χ2n) is 5.90. The standard InChI is InChI=1S/C19H20N6O4S/c1-28-14-9-8-13(10-15(14)29-2)17-22-24-19(25(17)20)30-11-16(26)21-23-18(27)12-6-4-3-5-7-12/h3-10H,11,20H2,1-2H3,(H,21,26)(H,23,27). The van der Waals surface area contributed by atoms with E-state index in [1.165, 1.54) is 11.8 Å². The highest BCUT2D eigenvalue weighted by Gasteiger charge is 2.16. The second kappa shape index (κ2) is 9.65. The number of carbonyl (C=O) groups is 2. The quantitative estimate of drug-likeness (QED) is 0.291. The molecule has 0 saturated carbocycles. The highest BCUT2D eigenvalue weighted by Crippen LogP contribution is 2.32. The van der Waals surface area contributed by atoms with E-state index in [-0.39, 0.29) is 5.75 Å². The lowest BCUT2D eigenvalue weighted by Gasteiger charge is -2.09. The number of nitrogens with one attached hydrogen (secondary N) is 2. The fourth-order valence-corrected chi connectivity index (χ4v) is 3.16. The van der Waals surface area contributed by atoms with Gasteiger partial charge in [0.25, 0.3) is 5.91 Å². The van der Waals surface area contributed by atoms with E-state index >= 15 is 0 Å². The van der Waals surface area contributed by atoms with E-state index in [4.69, 9.17) is 15.3 Å². The van der Waals surface area contributed by atoms with Crippen LogP contribution in [-0.4, -0.2) is 46.7 Å². The van der Waals surface area contributed by atoms with E-state index in [0.29, 0.717) is 33.6 Å². The Morgan fingerprint density at radius 2 is 1.77 bits per heavy atom. The van der Waals surface area contributed by atoms with Crippen LogP contribution in [-0.2, 0) is 4.79 Å². The Balaban J connectivity index is 1.59. The van der Waals surface area contributed by atoms with Gasteiger partial charge in [-0.05, 0) is 30.3 Å². The van der Waals surface area contributed by atoms with Crippen LogP contribution in [0.1, 0.15) is 10.4 Å². The van der Waals surface area contributed by atoms with Gasteiger partial charge in [-0.3, -0.25) is 20.4 Å². The zero-order valence-electron chi connectivity index (χ0n) is 16.3. The van der Waals surface area contributed by atoms with E-state index in [9.17, 15) is 9.59 Å². The minimum Gasteiger partial charge on any atom is -0.493 e. The van der Waals surface area contributed by atoms with Gasteiger partial charge in [0.1, 0.15) is 0 Å². The summed E-state index contributed by atoms with van der Waals surface area (Å²) in [5, 5.41) is 8.43. The van der Waals surface area contributed by atoms with Gasteiger partial charge >= 0.3 is 0 Å². The van der Waals surface area contributed by atoms with E-state index in [2.05, 4.69) is 21.0 Å². The number of hydrogen-bond donors (Lipinski definition) is 3. The number of hydrazine groups is 1. The van der Waals surface area contributed by atoms with Crippen molar-refractivity contribution in [1.82, 2.24) is 25.7 Å². The molecule has 0 aliphatic heterocycles. The predicted molar refractivity (Wildman–Crippen MR) is 111 cm³/mol. The smallest absolute Gasteiger partial charge is 0.269 e. The van der Waals surface area contributed by atoms with Gasteiger partial charge in [-0.15, -0.1) is 10.2 Å². The molecule has 3 aromatic rings. The van der Waals surface area contributed by atoms with Crippen LogP contribution in [0.15, 0.2) is 53.7 Å². The fourth-order valence-electron chi connectivity index (χ4n) is 2.50. The van der Waals surface area contributed by atoms with Crippen molar-refractivity contribution in [2.45, 2.75) is 5.16 Å². The molecule has 0 saturated heterocycles. The third kappa shape index (κ3) is 4.81. The van der Waals surface area contributed by atoms with Crippen LogP contribution in [0.2, 0.25) is 0 Å². The average Bonchev–Trinajstić information content (AvgIpc) is 3.16. The molecule has 10 nitrogen and oxygen atoms in total. The van der Waals surface area contributed by atoms with Crippen LogP contribution in [0.4, 0.5) is 0 Å². The number of thioether (sulfide) groups is 1. The maximum atomic E-state index is 12.0. The molecule has 1 heterocycles. The summed E-state index contributed by atoms with van der Waals surface area (Å²) in [6, 6.07) is 13.8. The monoisotopic (exact) mass is 428 g/mol. The zero-order chi connectivity index (χ0) is 21.5. The molecule has 0 bridgehead atoms. The number of methoxy groups -OCH3 is 2. The van der Waals surface area contributed by atoms with Gasteiger partial charge < -0.3 is 15.3 Å². The number of rotatable bonds is 7. The number of nitrogens with two attached hydrogens (primary N) is 1. The average molecular weight is 428 g/mol. The maximum Gasteiger partial charge on any atom is 0.269 e. The van der Waals surface area contributed by atoms with E-state index in [1.54, 1.807) is 55.6 Å². The Hall–Kier alpha value is -3.73. The summed E-state index contributed by atoms with van der Waals surface area (Å²) in [6.45, 7) is 0. The van der Waals surface area contributed by atoms with Crippen molar-refractivity contribution in [2.75, 3.05) is 25.8 Å². The molecule has 156 valence electrons. The van der Waals surface area contributed by atoms with Gasteiger partial charge in [-0.1, -0.05) is 30.0 Å². The number of aromatic nitrogens is 3. The van der Waals surface area contributed by atoms with Gasteiger partial charge in [0.15, 0.2) is 17.3 Å². The summed E-state index contributed by atoms with van der Waals surface area (Å²) in [5.74, 6) is 6.74. The summed E-state index contributed by atoms with van der Waals surface area (Å²) in [7, 11) is 3.08. The highest BCUT2D eigenvalue weighted by atomic mass is 32.2. The van der Waals surface area contributed by atoms with Crippen molar-refractivity contribution in [3.05, 3.63) is 54.1 Å². The third-order valence-corrected chi connectivity index (χ3v) is 4.93. The Morgan fingerprint density at radius 3 is 2.47 bits per heavy atom. The van der Waals surface area contributed by atoms with Crippen molar-refractivity contribution >= 4 is 23.6 Å². The van der Waals surface area contributed by atoms with E-state index in [0.717, 1.165) is 11.8 Å². The number of ether oxygens (including phenoxy) is 2. The Morgan fingerprint density at radius 1 is 1.03 bits per heavy atom. The van der Waals surface area contributed by atoms with E-state index in [1.807, 2.05) is 0 Å². The van der Waals surface area contributed by atoms with Crippen LogP contribution < -0.4 is 26.2 Å². The molecule has 3 rings (SSSR count). The second-order valence-corrected chi connectivity index (χ2v) is 6.85. The highest BCUT2D eigenvalue weighted by molar-refractivity contribution is 7.99. The zero-order valence-corrected chi connectivity index (χ0v) is 17.1. The molecule has 0 fully saturated rings. The normalized spacial score (nSPS) is 10.3. The van der Waals surface area contributed by atoms with Crippen LogP contribution in [0.25, 0.3) is 11.4 Å². The Kier molecular flexibility index (Phi) is 6.75. The van der Waals surface area contributed by atoms with Crippen molar-refractivity contribution in [2.24, 2.45) is 0 Å². The molecule has 11 heteroatoms. The maximum absolute atomic E-state index is 12.0. The van der Waals surface area contributed by atoms with Gasteiger partial charge in [0.05, 0.1) is 20.0 Å². The minimum atomic E-state index is -0.417. The molecule has 30 heavy (non-hydrogen) atoms. The molecule has 0 atom stereocenters. The molecule has 0 aliphatic carbocycles. The number of carbonyl (C=O) groups excluding carboxylic acids is 2. The fraction of sp³-hybridized carbons (Fsp3) is 0.158. The van der Waals surface area contributed by atoms with E-state index < -0.39 is 11.8 Å². The number of hydrogen-bond acceptors (Lipinski definition) is 8. The molecule has 2 amide bonds. The largest absolute Gasteiger partial charge is 0.493 e. The van der Waals surface area contributed by atoms with Crippen molar-refractivity contribution in [3.8, 4) is 22.9 Å². The number of amides is 2. The summed E-state index contributed by atoms with van der Waals surface area (Å²) in [5.41, 5.74) is 5.81. The van der Waals surface area contributed by atoms with Crippen molar-refractivity contribution < 1.29 is 19.1 Å². The molecule has 2 aromatic carbocycles. The minimum absolute atomic E-state index is 0.0175. The van der Waals surface area contributed by atoms with Gasteiger partial charge in [-0.25, -0.2) is 4.68 Å². The van der Waals surface area contributed by atoms with Crippen LogP contribution in [0, 0.1) is 0 Å². The molecular formula is C19H20N6O4S.